The number of fused-ring (bicyclic) bond motifs is 1. The summed E-state index contributed by atoms with van der Waals surface area (Å²) in [7, 11) is 0. The van der Waals surface area contributed by atoms with E-state index in [4.69, 9.17) is 13.9 Å². The van der Waals surface area contributed by atoms with Crippen molar-refractivity contribution in [1.82, 2.24) is 5.32 Å². The third kappa shape index (κ3) is 4.07. The number of carbonyl (C=O) groups is 2. The highest BCUT2D eigenvalue weighted by Gasteiger charge is 2.13. The lowest BCUT2D eigenvalue weighted by Gasteiger charge is -2.19. The second-order valence-corrected chi connectivity index (χ2v) is 5.24. The fourth-order valence-corrected chi connectivity index (χ4v) is 2.29. The first kappa shape index (κ1) is 15.9. The summed E-state index contributed by atoms with van der Waals surface area (Å²) < 4.78 is 15.9. The standard InChI is InChI=1S/C17H18N2O5/c20-16(4-1-7-18-17(21)14-3-2-8-22-14)19-12-5-6-13-15(11-12)24-10-9-23-13/h2-3,5-6,8,11H,1,4,7,9-10H2,(H,18,21)(H,19,20). The summed E-state index contributed by atoms with van der Waals surface area (Å²) in [6, 6.07) is 8.52. The first-order valence-corrected chi connectivity index (χ1v) is 7.73. The van der Waals surface area contributed by atoms with Gasteiger partial charge in [-0.1, -0.05) is 0 Å². The summed E-state index contributed by atoms with van der Waals surface area (Å²) in [4.78, 5) is 23.6. The van der Waals surface area contributed by atoms with E-state index in [1.54, 1.807) is 30.3 Å². The van der Waals surface area contributed by atoms with Crippen LogP contribution in [0.5, 0.6) is 11.5 Å². The van der Waals surface area contributed by atoms with Crippen molar-refractivity contribution in [3.63, 3.8) is 0 Å². The van der Waals surface area contributed by atoms with Crippen LogP contribution in [0.4, 0.5) is 5.69 Å². The van der Waals surface area contributed by atoms with Gasteiger partial charge in [-0.05, 0) is 30.7 Å². The third-order valence-corrected chi connectivity index (χ3v) is 3.44. The quantitative estimate of drug-likeness (QED) is 0.793. The molecule has 2 aromatic rings. The number of hydrogen-bond acceptors (Lipinski definition) is 5. The number of carbonyl (C=O) groups excluding carboxylic acids is 2. The van der Waals surface area contributed by atoms with Crippen molar-refractivity contribution < 1.29 is 23.5 Å². The number of amides is 2. The zero-order chi connectivity index (χ0) is 16.8. The molecule has 0 radical (unpaired) electrons. The van der Waals surface area contributed by atoms with E-state index in [0.29, 0.717) is 49.8 Å². The zero-order valence-corrected chi connectivity index (χ0v) is 13.0. The molecule has 24 heavy (non-hydrogen) atoms. The molecular formula is C17H18N2O5. The third-order valence-electron chi connectivity index (χ3n) is 3.44. The summed E-state index contributed by atoms with van der Waals surface area (Å²) in [5.41, 5.74) is 0.656. The van der Waals surface area contributed by atoms with Crippen molar-refractivity contribution in [1.29, 1.82) is 0 Å². The second kappa shape index (κ2) is 7.54. The summed E-state index contributed by atoms with van der Waals surface area (Å²) in [6.07, 6.45) is 2.27. The maximum Gasteiger partial charge on any atom is 0.286 e. The normalized spacial score (nSPS) is 12.5. The van der Waals surface area contributed by atoms with Gasteiger partial charge >= 0.3 is 0 Å². The lowest BCUT2D eigenvalue weighted by Crippen LogP contribution is -2.25. The molecule has 1 aliphatic heterocycles. The van der Waals surface area contributed by atoms with Crippen molar-refractivity contribution >= 4 is 17.5 Å². The topological polar surface area (TPSA) is 89.8 Å². The molecule has 7 heteroatoms. The van der Waals surface area contributed by atoms with Gasteiger partial charge in [-0.2, -0.15) is 0 Å². The van der Waals surface area contributed by atoms with Crippen LogP contribution in [0, 0.1) is 0 Å². The largest absolute Gasteiger partial charge is 0.486 e. The van der Waals surface area contributed by atoms with Crippen LogP contribution in [0.2, 0.25) is 0 Å². The Kier molecular flexibility index (Phi) is 5.00. The molecule has 2 heterocycles. The van der Waals surface area contributed by atoms with Crippen molar-refractivity contribution in [3.05, 3.63) is 42.4 Å². The van der Waals surface area contributed by atoms with Gasteiger partial charge in [0.25, 0.3) is 5.91 Å². The lowest BCUT2D eigenvalue weighted by molar-refractivity contribution is -0.116. The minimum Gasteiger partial charge on any atom is -0.486 e. The molecular weight excluding hydrogens is 312 g/mol. The van der Waals surface area contributed by atoms with Gasteiger partial charge in [-0.15, -0.1) is 0 Å². The molecule has 1 aromatic carbocycles. The van der Waals surface area contributed by atoms with Crippen LogP contribution in [-0.4, -0.2) is 31.6 Å². The molecule has 0 bridgehead atoms. The minimum absolute atomic E-state index is 0.126. The molecule has 126 valence electrons. The van der Waals surface area contributed by atoms with Crippen LogP contribution in [0.1, 0.15) is 23.4 Å². The monoisotopic (exact) mass is 330 g/mol. The first-order valence-electron chi connectivity index (χ1n) is 7.73. The fourth-order valence-electron chi connectivity index (χ4n) is 2.29. The van der Waals surface area contributed by atoms with Gasteiger partial charge < -0.3 is 24.5 Å². The van der Waals surface area contributed by atoms with E-state index in [9.17, 15) is 9.59 Å². The number of benzene rings is 1. The maximum atomic E-state index is 11.9. The van der Waals surface area contributed by atoms with E-state index in [2.05, 4.69) is 10.6 Å². The number of nitrogens with one attached hydrogen (secondary N) is 2. The molecule has 7 nitrogen and oxygen atoms in total. The van der Waals surface area contributed by atoms with Gasteiger partial charge in [0.1, 0.15) is 13.2 Å². The lowest BCUT2D eigenvalue weighted by atomic mass is 10.2. The Balaban J connectivity index is 1.40. The van der Waals surface area contributed by atoms with Crippen LogP contribution in [0.3, 0.4) is 0 Å². The SMILES string of the molecule is O=C(CCCNC(=O)c1ccco1)Nc1ccc2c(c1)OCCO2. The van der Waals surface area contributed by atoms with E-state index in [-0.39, 0.29) is 17.6 Å². The van der Waals surface area contributed by atoms with Gasteiger partial charge in [0.2, 0.25) is 5.91 Å². The molecule has 0 spiro atoms. The maximum absolute atomic E-state index is 11.9. The molecule has 0 fully saturated rings. The van der Waals surface area contributed by atoms with Gasteiger partial charge in [0.15, 0.2) is 17.3 Å². The average Bonchev–Trinajstić information content (AvgIpc) is 3.13. The first-order chi connectivity index (χ1) is 11.7. The Labute approximate surface area is 138 Å². The van der Waals surface area contributed by atoms with Crippen LogP contribution in [0.25, 0.3) is 0 Å². The van der Waals surface area contributed by atoms with Crippen LogP contribution < -0.4 is 20.1 Å². The molecule has 2 N–H and O–H groups in total. The van der Waals surface area contributed by atoms with Crippen molar-refractivity contribution in [2.24, 2.45) is 0 Å². The number of anilines is 1. The molecule has 3 rings (SSSR count). The zero-order valence-electron chi connectivity index (χ0n) is 13.0. The molecule has 1 aliphatic rings. The number of rotatable bonds is 6. The highest BCUT2D eigenvalue weighted by molar-refractivity contribution is 5.92. The summed E-state index contributed by atoms with van der Waals surface area (Å²) in [5.74, 6) is 1.16. The van der Waals surface area contributed by atoms with Crippen LogP contribution >= 0.6 is 0 Å². The second-order valence-electron chi connectivity index (χ2n) is 5.24. The molecule has 2 amide bonds. The predicted molar refractivity (Wildman–Crippen MR) is 86.3 cm³/mol. The molecule has 0 aliphatic carbocycles. The van der Waals surface area contributed by atoms with Gasteiger partial charge in [-0.25, -0.2) is 0 Å². The van der Waals surface area contributed by atoms with Gasteiger partial charge in [-0.3, -0.25) is 9.59 Å². The number of furan rings is 1. The minimum atomic E-state index is -0.285. The highest BCUT2D eigenvalue weighted by atomic mass is 16.6. The van der Waals surface area contributed by atoms with Crippen LogP contribution in [-0.2, 0) is 4.79 Å². The molecule has 0 saturated heterocycles. The van der Waals surface area contributed by atoms with E-state index in [1.165, 1.54) is 6.26 Å². The van der Waals surface area contributed by atoms with E-state index in [1.807, 2.05) is 0 Å². The summed E-state index contributed by atoms with van der Waals surface area (Å²) >= 11 is 0. The molecule has 0 unspecified atom stereocenters. The fraction of sp³-hybridized carbons (Fsp3) is 0.294. The summed E-state index contributed by atoms with van der Waals surface area (Å²) in [5, 5.41) is 5.50. The smallest absolute Gasteiger partial charge is 0.286 e. The van der Waals surface area contributed by atoms with Crippen molar-refractivity contribution in [2.45, 2.75) is 12.8 Å². The van der Waals surface area contributed by atoms with Crippen LogP contribution in [0.15, 0.2) is 41.0 Å². The van der Waals surface area contributed by atoms with Gasteiger partial charge in [0.05, 0.1) is 6.26 Å². The number of hydrogen-bond donors (Lipinski definition) is 2. The van der Waals surface area contributed by atoms with E-state index >= 15 is 0 Å². The highest BCUT2D eigenvalue weighted by Crippen LogP contribution is 2.32. The molecule has 1 aromatic heterocycles. The Hall–Kier alpha value is -2.96. The number of ether oxygens (including phenoxy) is 2. The Bertz CT molecular complexity index is 712. The average molecular weight is 330 g/mol. The predicted octanol–water partition coefficient (Wildman–Crippen LogP) is 2.20. The Morgan fingerprint density at radius 1 is 1.08 bits per heavy atom. The Morgan fingerprint density at radius 2 is 1.92 bits per heavy atom. The Morgan fingerprint density at radius 3 is 2.71 bits per heavy atom. The van der Waals surface area contributed by atoms with Crippen molar-refractivity contribution in [3.8, 4) is 11.5 Å². The van der Waals surface area contributed by atoms with Gasteiger partial charge in [0, 0.05) is 24.7 Å². The van der Waals surface area contributed by atoms with E-state index < -0.39 is 0 Å². The molecule has 0 saturated carbocycles. The molecule has 0 atom stereocenters. The van der Waals surface area contributed by atoms with Crippen molar-refractivity contribution in [2.75, 3.05) is 25.1 Å². The summed E-state index contributed by atoms with van der Waals surface area (Å²) in [6.45, 7) is 1.43. The van der Waals surface area contributed by atoms with E-state index in [0.717, 1.165) is 0 Å².